The van der Waals surface area contributed by atoms with Crippen LogP contribution in [0.4, 0.5) is 10.9 Å². The third-order valence-corrected chi connectivity index (χ3v) is 4.19. The van der Waals surface area contributed by atoms with Crippen LogP contribution in [0.2, 0.25) is 0 Å². The van der Waals surface area contributed by atoms with E-state index in [1.165, 1.54) is 11.1 Å². The highest BCUT2D eigenvalue weighted by Gasteiger charge is 2.06. The maximum atomic E-state index is 4.64. The number of aromatic nitrogens is 2. The molecule has 1 N–H and O–H groups in total. The number of aryl methyl sites for hydroxylation is 3. The Balaban J connectivity index is 1.84. The molecule has 0 aliphatic heterocycles. The Kier molecular flexibility index (Phi) is 3.71. The molecule has 0 saturated heterocycles. The van der Waals surface area contributed by atoms with E-state index in [-0.39, 0.29) is 0 Å². The molecule has 3 nitrogen and oxygen atoms in total. The molecule has 0 spiro atoms. The molecule has 0 fully saturated rings. The van der Waals surface area contributed by atoms with Crippen LogP contribution >= 0.6 is 11.3 Å². The van der Waals surface area contributed by atoms with Crippen molar-refractivity contribution in [3.63, 3.8) is 0 Å². The van der Waals surface area contributed by atoms with E-state index in [0.29, 0.717) is 0 Å². The fourth-order valence-corrected chi connectivity index (χ4v) is 2.81. The lowest BCUT2D eigenvalue weighted by Crippen LogP contribution is -1.94. The third kappa shape index (κ3) is 3.11. The van der Waals surface area contributed by atoms with E-state index in [2.05, 4.69) is 52.7 Å². The highest BCUT2D eigenvalue weighted by Crippen LogP contribution is 2.27. The molecule has 1 aromatic carbocycles. The first-order chi connectivity index (χ1) is 10.1. The van der Waals surface area contributed by atoms with Crippen molar-refractivity contribution in [1.82, 2.24) is 9.97 Å². The van der Waals surface area contributed by atoms with Gasteiger partial charge in [-0.1, -0.05) is 18.2 Å². The Bertz CT molecular complexity index is 777. The van der Waals surface area contributed by atoms with Gasteiger partial charge in [0.1, 0.15) is 5.82 Å². The molecule has 106 valence electrons. The van der Waals surface area contributed by atoms with Crippen molar-refractivity contribution in [2.24, 2.45) is 0 Å². The number of benzene rings is 1. The molecular formula is C17H17N3S. The van der Waals surface area contributed by atoms with E-state index < -0.39 is 0 Å². The minimum absolute atomic E-state index is 0.830. The summed E-state index contributed by atoms with van der Waals surface area (Å²) in [5.41, 5.74) is 5.73. The Morgan fingerprint density at radius 1 is 0.952 bits per heavy atom. The van der Waals surface area contributed by atoms with Crippen molar-refractivity contribution in [3.8, 4) is 11.3 Å². The van der Waals surface area contributed by atoms with Crippen LogP contribution in [0, 0.1) is 20.8 Å². The van der Waals surface area contributed by atoms with E-state index in [1.807, 2.05) is 25.1 Å². The van der Waals surface area contributed by atoms with Gasteiger partial charge in [-0.05, 0) is 50.1 Å². The molecule has 21 heavy (non-hydrogen) atoms. The first-order valence-corrected chi connectivity index (χ1v) is 7.73. The zero-order valence-electron chi connectivity index (χ0n) is 12.3. The van der Waals surface area contributed by atoms with Crippen molar-refractivity contribution in [2.45, 2.75) is 20.8 Å². The summed E-state index contributed by atoms with van der Waals surface area (Å²) in [5, 5.41) is 6.19. The van der Waals surface area contributed by atoms with Gasteiger partial charge in [-0.15, -0.1) is 11.3 Å². The Morgan fingerprint density at radius 3 is 2.57 bits per heavy atom. The molecule has 0 atom stereocenters. The number of rotatable bonds is 3. The van der Waals surface area contributed by atoms with Gasteiger partial charge in [0, 0.05) is 16.6 Å². The predicted octanol–water partition coefficient (Wildman–Crippen LogP) is 4.87. The molecule has 0 amide bonds. The van der Waals surface area contributed by atoms with Crippen molar-refractivity contribution < 1.29 is 0 Å². The molecule has 0 radical (unpaired) electrons. The zero-order chi connectivity index (χ0) is 14.8. The van der Waals surface area contributed by atoms with Gasteiger partial charge in [-0.3, -0.25) is 0 Å². The SMILES string of the molecule is Cc1cccc(Nc2nc(-c3ccc(C)c(C)c3)cs2)n1. The van der Waals surface area contributed by atoms with Gasteiger partial charge in [0.15, 0.2) is 5.13 Å². The summed E-state index contributed by atoms with van der Waals surface area (Å²) in [6.45, 7) is 6.23. The number of pyridine rings is 1. The second-order valence-electron chi connectivity index (χ2n) is 5.13. The van der Waals surface area contributed by atoms with Gasteiger partial charge in [-0.2, -0.15) is 0 Å². The lowest BCUT2D eigenvalue weighted by atomic mass is 10.1. The van der Waals surface area contributed by atoms with Crippen LogP contribution in [-0.4, -0.2) is 9.97 Å². The van der Waals surface area contributed by atoms with Crippen LogP contribution in [0.1, 0.15) is 16.8 Å². The second kappa shape index (κ2) is 5.66. The first-order valence-electron chi connectivity index (χ1n) is 6.85. The zero-order valence-corrected chi connectivity index (χ0v) is 13.2. The predicted molar refractivity (Wildman–Crippen MR) is 89.3 cm³/mol. The number of thiazole rings is 1. The van der Waals surface area contributed by atoms with Crippen LogP contribution < -0.4 is 5.32 Å². The third-order valence-electron chi connectivity index (χ3n) is 3.43. The van der Waals surface area contributed by atoms with Crippen LogP contribution in [0.5, 0.6) is 0 Å². The largest absolute Gasteiger partial charge is 0.316 e. The molecule has 0 aliphatic rings. The van der Waals surface area contributed by atoms with Gasteiger partial charge in [0.2, 0.25) is 0 Å². The van der Waals surface area contributed by atoms with E-state index in [0.717, 1.165) is 27.9 Å². The molecule has 0 saturated carbocycles. The summed E-state index contributed by atoms with van der Waals surface area (Å²) < 4.78 is 0. The summed E-state index contributed by atoms with van der Waals surface area (Å²) in [6, 6.07) is 12.4. The fourth-order valence-electron chi connectivity index (χ4n) is 2.09. The van der Waals surface area contributed by atoms with Crippen molar-refractivity contribution in [1.29, 1.82) is 0 Å². The van der Waals surface area contributed by atoms with Gasteiger partial charge in [-0.25, -0.2) is 9.97 Å². The molecule has 4 heteroatoms. The fraction of sp³-hybridized carbons (Fsp3) is 0.176. The van der Waals surface area contributed by atoms with Crippen LogP contribution in [0.25, 0.3) is 11.3 Å². The van der Waals surface area contributed by atoms with Crippen LogP contribution in [-0.2, 0) is 0 Å². The maximum absolute atomic E-state index is 4.64. The molecule has 3 rings (SSSR count). The smallest absolute Gasteiger partial charge is 0.188 e. The molecule has 2 heterocycles. The van der Waals surface area contributed by atoms with Crippen molar-refractivity contribution in [2.75, 3.05) is 5.32 Å². The van der Waals surface area contributed by atoms with Crippen LogP contribution in [0.3, 0.4) is 0 Å². The van der Waals surface area contributed by atoms with Gasteiger partial charge in [0.25, 0.3) is 0 Å². The van der Waals surface area contributed by atoms with Gasteiger partial charge >= 0.3 is 0 Å². The van der Waals surface area contributed by atoms with Crippen molar-refractivity contribution in [3.05, 3.63) is 58.6 Å². The minimum atomic E-state index is 0.830. The molecule has 3 aromatic rings. The Morgan fingerprint density at radius 2 is 1.81 bits per heavy atom. The average Bonchev–Trinajstić information content (AvgIpc) is 2.90. The van der Waals surface area contributed by atoms with Crippen molar-refractivity contribution >= 4 is 22.3 Å². The summed E-state index contributed by atoms with van der Waals surface area (Å²) in [7, 11) is 0. The Hall–Kier alpha value is -2.20. The summed E-state index contributed by atoms with van der Waals surface area (Å²) in [5.74, 6) is 0.830. The maximum Gasteiger partial charge on any atom is 0.188 e. The van der Waals surface area contributed by atoms with Crippen LogP contribution in [0.15, 0.2) is 41.8 Å². The Labute approximate surface area is 128 Å². The van der Waals surface area contributed by atoms with E-state index >= 15 is 0 Å². The highest BCUT2D eigenvalue weighted by atomic mass is 32.1. The molecule has 0 aliphatic carbocycles. The molecule has 0 unspecified atom stereocenters. The molecule has 2 aromatic heterocycles. The quantitative estimate of drug-likeness (QED) is 0.748. The van der Waals surface area contributed by atoms with E-state index in [1.54, 1.807) is 11.3 Å². The highest BCUT2D eigenvalue weighted by molar-refractivity contribution is 7.14. The number of hydrogen-bond acceptors (Lipinski definition) is 4. The lowest BCUT2D eigenvalue weighted by molar-refractivity contribution is 1.19. The van der Waals surface area contributed by atoms with Gasteiger partial charge in [0.05, 0.1) is 5.69 Å². The standard InChI is InChI=1S/C17H17N3S/c1-11-7-8-14(9-12(11)2)15-10-21-17(19-15)20-16-6-4-5-13(3)18-16/h4-10H,1-3H3,(H,18,19,20). The average molecular weight is 295 g/mol. The van der Waals surface area contributed by atoms with E-state index in [9.17, 15) is 0 Å². The number of nitrogens with zero attached hydrogens (tertiary/aromatic N) is 2. The minimum Gasteiger partial charge on any atom is -0.316 e. The molecule has 0 bridgehead atoms. The number of hydrogen-bond donors (Lipinski definition) is 1. The monoisotopic (exact) mass is 295 g/mol. The lowest BCUT2D eigenvalue weighted by Gasteiger charge is -2.03. The number of anilines is 2. The second-order valence-corrected chi connectivity index (χ2v) is 5.98. The normalized spacial score (nSPS) is 10.6. The summed E-state index contributed by atoms with van der Waals surface area (Å²) in [4.78, 5) is 9.08. The summed E-state index contributed by atoms with van der Waals surface area (Å²) in [6.07, 6.45) is 0. The topological polar surface area (TPSA) is 37.8 Å². The van der Waals surface area contributed by atoms with E-state index in [4.69, 9.17) is 0 Å². The number of nitrogens with one attached hydrogen (secondary N) is 1. The summed E-state index contributed by atoms with van der Waals surface area (Å²) >= 11 is 1.59. The van der Waals surface area contributed by atoms with Gasteiger partial charge < -0.3 is 5.32 Å². The first kappa shape index (κ1) is 13.8. The molecular weight excluding hydrogens is 278 g/mol.